The molecule has 10 nitrogen and oxygen atoms in total. The Morgan fingerprint density at radius 2 is 1.69 bits per heavy atom. The summed E-state index contributed by atoms with van der Waals surface area (Å²) in [5, 5.41) is 23.5. The number of hydrazine groups is 1. The highest BCUT2D eigenvalue weighted by atomic mass is 32.2. The standard InChI is InChI=1S/C12H13F3N4O6S/c1-7-6-26(24,25)3-2-17(7)16-11-9(18(20)21)4-8(12(13,14)15)5-10(11)19(22)23/h4-5,7,16H,2-3,6H2,1H3. The zero-order valence-corrected chi connectivity index (χ0v) is 14.0. The Morgan fingerprint density at radius 3 is 2.08 bits per heavy atom. The Bertz CT molecular complexity index is 822. The molecule has 1 heterocycles. The molecule has 1 aliphatic heterocycles. The number of nitro benzene ring substituents is 2. The van der Waals surface area contributed by atoms with Gasteiger partial charge in [-0.05, 0) is 6.92 Å². The Balaban J connectivity index is 2.53. The second-order valence-corrected chi connectivity index (χ2v) is 7.90. The molecular formula is C12H13F3N4O6S. The average Bonchev–Trinajstić information content (AvgIpc) is 2.47. The minimum atomic E-state index is -5.01. The van der Waals surface area contributed by atoms with Crippen molar-refractivity contribution in [2.45, 2.75) is 19.1 Å². The number of anilines is 1. The van der Waals surface area contributed by atoms with E-state index < -0.39 is 54.5 Å². The van der Waals surface area contributed by atoms with E-state index in [-0.39, 0.29) is 30.2 Å². The summed E-state index contributed by atoms with van der Waals surface area (Å²) >= 11 is 0. The lowest BCUT2D eigenvalue weighted by Crippen LogP contribution is -2.49. The predicted molar refractivity (Wildman–Crippen MR) is 83.2 cm³/mol. The molecule has 0 amide bonds. The summed E-state index contributed by atoms with van der Waals surface area (Å²) in [6, 6.07) is -0.309. The van der Waals surface area contributed by atoms with Crippen LogP contribution in [0.15, 0.2) is 12.1 Å². The molecule has 1 aliphatic rings. The first-order chi connectivity index (χ1) is 11.8. The highest BCUT2D eigenvalue weighted by Crippen LogP contribution is 2.41. The second kappa shape index (κ2) is 6.68. The minimum absolute atomic E-state index is 0.140. The molecule has 26 heavy (non-hydrogen) atoms. The molecular weight excluding hydrogens is 385 g/mol. The maximum Gasteiger partial charge on any atom is 0.416 e. The van der Waals surface area contributed by atoms with Crippen LogP contribution >= 0.6 is 0 Å². The SMILES string of the molecule is CC1CS(=O)(=O)CCN1Nc1c([N+](=O)[O-])cc(C(F)(F)F)cc1[N+](=O)[O-]. The summed E-state index contributed by atoms with van der Waals surface area (Å²) in [7, 11) is -3.33. The number of rotatable bonds is 4. The van der Waals surface area contributed by atoms with E-state index in [1.165, 1.54) is 11.9 Å². The van der Waals surface area contributed by atoms with E-state index in [9.17, 15) is 41.8 Å². The van der Waals surface area contributed by atoms with Gasteiger partial charge in [0.15, 0.2) is 9.84 Å². The molecule has 1 atom stereocenters. The van der Waals surface area contributed by atoms with Gasteiger partial charge >= 0.3 is 17.6 Å². The summed E-state index contributed by atoms with van der Waals surface area (Å²) < 4.78 is 61.7. The van der Waals surface area contributed by atoms with Crippen LogP contribution in [0.2, 0.25) is 0 Å². The van der Waals surface area contributed by atoms with Crippen molar-refractivity contribution in [2.75, 3.05) is 23.5 Å². The number of benzene rings is 1. The molecule has 1 aromatic carbocycles. The fourth-order valence-electron chi connectivity index (χ4n) is 2.49. The number of halogens is 3. The third-order valence-corrected chi connectivity index (χ3v) is 5.54. The van der Waals surface area contributed by atoms with Gasteiger partial charge < -0.3 is 5.43 Å². The van der Waals surface area contributed by atoms with Gasteiger partial charge in [0.1, 0.15) is 0 Å². The molecule has 1 unspecified atom stereocenters. The fourth-order valence-corrected chi connectivity index (χ4v) is 4.04. The normalized spacial score (nSPS) is 20.5. The first kappa shape index (κ1) is 19.8. The third kappa shape index (κ3) is 4.19. The summed E-state index contributed by atoms with van der Waals surface area (Å²) in [5.74, 6) is -0.602. The second-order valence-electron chi connectivity index (χ2n) is 5.67. The van der Waals surface area contributed by atoms with Crippen LogP contribution in [0.5, 0.6) is 0 Å². The van der Waals surface area contributed by atoms with Crippen LogP contribution in [0, 0.1) is 20.2 Å². The van der Waals surface area contributed by atoms with E-state index in [4.69, 9.17) is 0 Å². The Kier molecular flexibility index (Phi) is 5.10. The summed E-state index contributed by atoms with van der Waals surface area (Å²) in [6.45, 7) is 1.32. The van der Waals surface area contributed by atoms with Gasteiger partial charge in [0.05, 0.1) is 26.9 Å². The van der Waals surface area contributed by atoms with Crippen molar-refractivity contribution >= 4 is 26.9 Å². The van der Waals surface area contributed by atoms with Crippen molar-refractivity contribution in [3.05, 3.63) is 37.9 Å². The monoisotopic (exact) mass is 398 g/mol. The predicted octanol–water partition coefficient (Wildman–Crippen LogP) is 1.97. The van der Waals surface area contributed by atoms with Gasteiger partial charge in [0, 0.05) is 24.7 Å². The largest absolute Gasteiger partial charge is 0.416 e. The summed E-state index contributed by atoms with van der Waals surface area (Å²) in [4.78, 5) is 20.0. The van der Waals surface area contributed by atoms with Gasteiger partial charge in [0.2, 0.25) is 5.69 Å². The minimum Gasteiger partial charge on any atom is -0.307 e. The molecule has 14 heteroatoms. The molecule has 1 fully saturated rings. The highest BCUT2D eigenvalue weighted by Gasteiger charge is 2.39. The highest BCUT2D eigenvalue weighted by molar-refractivity contribution is 7.91. The first-order valence-corrected chi connectivity index (χ1v) is 8.91. The molecule has 2 rings (SSSR count). The molecule has 1 N–H and O–H groups in total. The van der Waals surface area contributed by atoms with E-state index in [0.29, 0.717) is 0 Å². The Morgan fingerprint density at radius 1 is 1.19 bits per heavy atom. The zero-order valence-electron chi connectivity index (χ0n) is 13.2. The van der Waals surface area contributed by atoms with E-state index in [1.54, 1.807) is 0 Å². The molecule has 0 spiro atoms. The number of hydrogen-bond acceptors (Lipinski definition) is 8. The molecule has 144 valence electrons. The first-order valence-electron chi connectivity index (χ1n) is 7.09. The lowest BCUT2D eigenvalue weighted by Gasteiger charge is -2.33. The van der Waals surface area contributed by atoms with Crippen LogP contribution in [0.4, 0.5) is 30.2 Å². The number of hydrogen-bond donors (Lipinski definition) is 1. The van der Waals surface area contributed by atoms with Crippen molar-refractivity contribution in [1.82, 2.24) is 5.01 Å². The van der Waals surface area contributed by atoms with Crippen LogP contribution in [0.25, 0.3) is 0 Å². The zero-order chi connectivity index (χ0) is 19.9. The van der Waals surface area contributed by atoms with Crippen molar-refractivity contribution in [1.29, 1.82) is 0 Å². The molecule has 1 aromatic rings. The molecule has 0 aromatic heterocycles. The summed E-state index contributed by atoms with van der Waals surface area (Å²) in [5.41, 5.74) is -2.17. The van der Waals surface area contributed by atoms with Crippen LogP contribution < -0.4 is 5.43 Å². The van der Waals surface area contributed by atoms with Crippen molar-refractivity contribution in [3.63, 3.8) is 0 Å². The van der Waals surface area contributed by atoms with Gasteiger partial charge in [-0.15, -0.1) is 0 Å². The van der Waals surface area contributed by atoms with Crippen molar-refractivity contribution in [2.24, 2.45) is 0 Å². The van der Waals surface area contributed by atoms with Crippen LogP contribution in [-0.2, 0) is 16.0 Å². The molecule has 0 bridgehead atoms. The maximum absolute atomic E-state index is 12.9. The molecule has 0 aliphatic carbocycles. The van der Waals surface area contributed by atoms with Gasteiger partial charge in [-0.3, -0.25) is 20.2 Å². The van der Waals surface area contributed by atoms with Gasteiger partial charge in [0.25, 0.3) is 0 Å². The third-order valence-electron chi connectivity index (χ3n) is 3.74. The number of sulfone groups is 1. The van der Waals surface area contributed by atoms with Gasteiger partial charge in [-0.25, -0.2) is 13.4 Å². The smallest absolute Gasteiger partial charge is 0.307 e. The summed E-state index contributed by atoms with van der Waals surface area (Å²) in [6.07, 6.45) is -5.01. The quantitative estimate of drug-likeness (QED) is 0.601. The average molecular weight is 398 g/mol. The lowest BCUT2D eigenvalue weighted by atomic mass is 10.1. The van der Waals surface area contributed by atoms with Crippen LogP contribution in [0.1, 0.15) is 12.5 Å². The number of nitro groups is 2. The van der Waals surface area contributed by atoms with E-state index in [2.05, 4.69) is 5.43 Å². The number of nitrogens with one attached hydrogen (secondary N) is 1. The lowest BCUT2D eigenvalue weighted by molar-refractivity contribution is -0.392. The molecule has 1 saturated heterocycles. The van der Waals surface area contributed by atoms with Gasteiger partial charge in [-0.1, -0.05) is 0 Å². The van der Waals surface area contributed by atoms with E-state index in [0.717, 1.165) is 0 Å². The Labute approximate surface area is 144 Å². The van der Waals surface area contributed by atoms with Crippen LogP contribution in [-0.4, -0.2) is 47.4 Å². The fraction of sp³-hybridized carbons (Fsp3) is 0.500. The topological polar surface area (TPSA) is 136 Å². The van der Waals surface area contributed by atoms with Crippen molar-refractivity contribution in [3.8, 4) is 0 Å². The molecule has 0 saturated carbocycles. The molecule has 0 radical (unpaired) electrons. The van der Waals surface area contributed by atoms with Crippen LogP contribution in [0.3, 0.4) is 0 Å². The number of nitrogens with zero attached hydrogens (tertiary/aromatic N) is 3. The van der Waals surface area contributed by atoms with Gasteiger partial charge in [-0.2, -0.15) is 13.2 Å². The maximum atomic E-state index is 12.9. The van der Waals surface area contributed by atoms with E-state index >= 15 is 0 Å². The van der Waals surface area contributed by atoms with E-state index in [1.807, 2.05) is 0 Å². The van der Waals surface area contributed by atoms with Crippen molar-refractivity contribution < 1.29 is 31.4 Å². The Hall–Kier alpha value is -2.48. The number of alkyl halides is 3.